The molecule has 0 spiro atoms. The number of hydrogen-bond acceptors (Lipinski definition) is 5. The minimum Gasteiger partial charge on any atom is -0.380 e. The summed E-state index contributed by atoms with van der Waals surface area (Å²) < 4.78 is 72.4. The maximum absolute atomic E-state index is 14.2. The first-order chi connectivity index (χ1) is 10.7. The Morgan fingerprint density at radius 2 is 2.00 bits per heavy atom. The third-order valence-electron chi connectivity index (χ3n) is 3.66. The van der Waals surface area contributed by atoms with Gasteiger partial charge in [0.15, 0.2) is 33.9 Å². The number of sulfonamides is 1. The molecule has 1 aliphatic rings. The zero-order valence-electron chi connectivity index (χ0n) is 11.9. The second kappa shape index (κ2) is 5.15. The Morgan fingerprint density at radius 3 is 2.61 bits per heavy atom. The molecule has 2 heterocycles. The summed E-state index contributed by atoms with van der Waals surface area (Å²) in [6.07, 6.45) is 0.232. The van der Waals surface area contributed by atoms with Crippen LogP contribution >= 0.6 is 0 Å². The molecule has 0 aliphatic carbocycles. The molecule has 0 saturated heterocycles. The standard InChI is InChI=1S/C13H12F3N3O3S/c1-6-12(13(17)18-22-6)23(20,21)19-4-2-3-7-10(16)8(14)5-9(15)11(7)19/h5H,2-4H2,1H3,(H2,17,18). The lowest BCUT2D eigenvalue weighted by Crippen LogP contribution is -2.37. The molecule has 124 valence electrons. The number of fused-ring (bicyclic) bond motifs is 1. The van der Waals surface area contributed by atoms with Crippen molar-refractivity contribution >= 4 is 21.5 Å². The molecule has 2 aromatic rings. The van der Waals surface area contributed by atoms with Crippen molar-refractivity contribution in [3.63, 3.8) is 0 Å². The molecule has 3 rings (SSSR count). The van der Waals surface area contributed by atoms with Gasteiger partial charge < -0.3 is 10.3 Å². The van der Waals surface area contributed by atoms with Crippen LogP contribution in [0.25, 0.3) is 0 Å². The van der Waals surface area contributed by atoms with Crippen molar-refractivity contribution < 1.29 is 26.1 Å². The van der Waals surface area contributed by atoms with E-state index in [4.69, 9.17) is 10.3 Å². The fraction of sp³-hybridized carbons (Fsp3) is 0.308. The largest absolute Gasteiger partial charge is 0.380 e. The van der Waals surface area contributed by atoms with Crippen LogP contribution in [0.1, 0.15) is 17.7 Å². The summed E-state index contributed by atoms with van der Waals surface area (Å²) in [6.45, 7) is 1.24. The number of nitrogen functional groups attached to an aromatic ring is 1. The lowest BCUT2D eigenvalue weighted by molar-refractivity contribution is 0.396. The Bertz CT molecular complexity index is 876. The maximum Gasteiger partial charge on any atom is 0.271 e. The first-order valence-corrected chi connectivity index (χ1v) is 8.10. The van der Waals surface area contributed by atoms with Crippen LogP contribution in [-0.4, -0.2) is 20.1 Å². The minimum absolute atomic E-state index is 0.0277. The Labute approximate surface area is 129 Å². The van der Waals surface area contributed by atoms with Gasteiger partial charge in [-0.3, -0.25) is 4.31 Å². The molecule has 6 nitrogen and oxygen atoms in total. The van der Waals surface area contributed by atoms with E-state index in [1.165, 1.54) is 6.92 Å². The molecule has 23 heavy (non-hydrogen) atoms. The molecule has 0 radical (unpaired) electrons. The lowest BCUT2D eigenvalue weighted by atomic mass is 10.0. The summed E-state index contributed by atoms with van der Waals surface area (Å²) in [5.41, 5.74) is 4.69. The van der Waals surface area contributed by atoms with E-state index >= 15 is 0 Å². The fourth-order valence-electron chi connectivity index (χ4n) is 2.69. The molecule has 10 heteroatoms. The monoisotopic (exact) mass is 347 g/mol. The number of halogens is 3. The van der Waals surface area contributed by atoms with E-state index in [1.54, 1.807) is 0 Å². The number of rotatable bonds is 2. The SMILES string of the molecule is Cc1onc(N)c1S(=O)(=O)N1CCCc2c(F)c(F)cc(F)c21. The average molecular weight is 347 g/mol. The van der Waals surface area contributed by atoms with Gasteiger partial charge in [0.05, 0.1) is 5.69 Å². The van der Waals surface area contributed by atoms with Crippen molar-refractivity contribution in [1.29, 1.82) is 0 Å². The Morgan fingerprint density at radius 1 is 1.30 bits per heavy atom. The number of nitrogens with two attached hydrogens (primary N) is 1. The van der Waals surface area contributed by atoms with Crippen molar-refractivity contribution in [2.45, 2.75) is 24.7 Å². The second-order valence-electron chi connectivity index (χ2n) is 5.12. The van der Waals surface area contributed by atoms with Gasteiger partial charge in [0, 0.05) is 18.2 Å². The highest BCUT2D eigenvalue weighted by Crippen LogP contribution is 2.38. The first kappa shape index (κ1) is 15.7. The molecule has 1 aromatic heterocycles. The van der Waals surface area contributed by atoms with Crippen LogP contribution in [0.5, 0.6) is 0 Å². The molecule has 0 amide bonds. The van der Waals surface area contributed by atoms with E-state index in [0.29, 0.717) is 10.4 Å². The van der Waals surface area contributed by atoms with Crippen LogP contribution in [0.2, 0.25) is 0 Å². The smallest absolute Gasteiger partial charge is 0.271 e. The van der Waals surface area contributed by atoms with Gasteiger partial charge in [-0.1, -0.05) is 5.16 Å². The minimum atomic E-state index is -4.32. The van der Waals surface area contributed by atoms with Gasteiger partial charge in [0.25, 0.3) is 10.0 Å². The van der Waals surface area contributed by atoms with E-state index in [-0.39, 0.29) is 36.5 Å². The number of aromatic nitrogens is 1. The van der Waals surface area contributed by atoms with Gasteiger partial charge in [0.2, 0.25) is 0 Å². The topological polar surface area (TPSA) is 89.4 Å². The predicted octanol–water partition coefficient (Wildman–Crippen LogP) is 2.12. The molecule has 0 fully saturated rings. The quantitative estimate of drug-likeness (QED) is 0.841. The summed E-state index contributed by atoms with van der Waals surface area (Å²) >= 11 is 0. The van der Waals surface area contributed by atoms with Gasteiger partial charge in [-0.2, -0.15) is 0 Å². The lowest BCUT2D eigenvalue weighted by Gasteiger charge is -2.30. The predicted molar refractivity (Wildman–Crippen MR) is 74.8 cm³/mol. The van der Waals surface area contributed by atoms with E-state index in [9.17, 15) is 21.6 Å². The zero-order valence-corrected chi connectivity index (χ0v) is 12.8. The number of benzene rings is 1. The third kappa shape index (κ3) is 2.24. The van der Waals surface area contributed by atoms with E-state index in [2.05, 4.69) is 5.16 Å². The van der Waals surface area contributed by atoms with E-state index in [1.807, 2.05) is 0 Å². The number of nitrogens with zero attached hydrogens (tertiary/aromatic N) is 2. The maximum atomic E-state index is 14.2. The molecule has 0 atom stereocenters. The highest BCUT2D eigenvalue weighted by molar-refractivity contribution is 7.93. The van der Waals surface area contributed by atoms with Crippen molar-refractivity contribution in [2.75, 3.05) is 16.6 Å². The van der Waals surface area contributed by atoms with Gasteiger partial charge in [-0.05, 0) is 19.8 Å². The summed E-state index contributed by atoms with van der Waals surface area (Å²) in [5.74, 6) is -4.22. The van der Waals surface area contributed by atoms with Gasteiger partial charge in [0.1, 0.15) is 0 Å². The number of anilines is 2. The molecule has 0 unspecified atom stereocenters. The third-order valence-corrected chi connectivity index (χ3v) is 5.62. The van der Waals surface area contributed by atoms with Crippen LogP contribution in [0.4, 0.5) is 24.7 Å². The zero-order chi connectivity index (χ0) is 16.9. The van der Waals surface area contributed by atoms with Crippen molar-refractivity contribution in [3.05, 3.63) is 34.8 Å². The Kier molecular flexibility index (Phi) is 3.51. The second-order valence-corrected chi connectivity index (χ2v) is 6.91. The summed E-state index contributed by atoms with van der Waals surface area (Å²) in [4.78, 5) is -0.408. The van der Waals surface area contributed by atoms with Gasteiger partial charge >= 0.3 is 0 Å². The summed E-state index contributed by atoms with van der Waals surface area (Å²) in [7, 11) is -4.32. The Hall–Kier alpha value is -2.23. The molecular formula is C13H12F3N3O3S. The van der Waals surface area contributed by atoms with Crippen molar-refractivity contribution in [3.8, 4) is 0 Å². The molecular weight excluding hydrogens is 335 g/mol. The summed E-state index contributed by atoms with van der Waals surface area (Å²) in [6, 6.07) is 0.325. The van der Waals surface area contributed by atoms with Crippen LogP contribution in [0.3, 0.4) is 0 Å². The average Bonchev–Trinajstić information content (AvgIpc) is 2.84. The molecule has 1 aromatic carbocycles. The number of hydrogen-bond donors (Lipinski definition) is 1. The normalized spacial score (nSPS) is 14.9. The highest BCUT2D eigenvalue weighted by atomic mass is 32.2. The molecule has 2 N–H and O–H groups in total. The van der Waals surface area contributed by atoms with Crippen molar-refractivity contribution in [2.24, 2.45) is 0 Å². The van der Waals surface area contributed by atoms with Crippen molar-refractivity contribution in [1.82, 2.24) is 5.16 Å². The molecule has 0 saturated carbocycles. The van der Waals surface area contributed by atoms with Gasteiger partial charge in [-0.25, -0.2) is 21.6 Å². The van der Waals surface area contributed by atoms with Crippen LogP contribution in [0, 0.1) is 24.4 Å². The molecule has 0 bridgehead atoms. The highest BCUT2D eigenvalue weighted by Gasteiger charge is 2.37. The van der Waals surface area contributed by atoms with E-state index in [0.717, 1.165) is 0 Å². The van der Waals surface area contributed by atoms with Crippen LogP contribution < -0.4 is 10.0 Å². The number of aryl methyl sites for hydroxylation is 1. The Balaban J connectivity index is 2.24. The van der Waals surface area contributed by atoms with Crippen LogP contribution in [-0.2, 0) is 16.4 Å². The fourth-order valence-corrected chi connectivity index (χ4v) is 4.42. The summed E-state index contributed by atoms with van der Waals surface area (Å²) in [5, 5.41) is 3.36. The van der Waals surface area contributed by atoms with E-state index < -0.39 is 38.1 Å². The molecule has 1 aliphatic heterocycles. The van der Waals surface area contributed by atoms with Gasteiger partial charge in [-0.15, -0.1) is 0 Å². The first-order valence-electron chi connectivity index (χ1n) is 6.66. The van der Waals surface area contributed by atoms with Crippen LogP contribution in [0.15, 0.2) is 15.5 Å².